The molecular formula is C25H26FN5. The Hall–Kier alpha value is -3.25. The van der Waals surface area contributed by atoms with Crippen molar-refractivity contribution in [3.8, 4) is 22.5 Å². The summed E-state index contributed by atoms with van der Waals surface area (Å²) in [6.45, 7) is 5.65. The number of aryl methyl sites for hydroxylation is 2. The summed E-state index contributed by atoms with van der Waals surface area (Å²) in [6, 6.07) is 13.8. The van der Waals surface area contributed by atoms with Gasteiger partial charge in [0.15, 0.2) is 0 Å². The molecule has 0 bridgehead atoms. The number of hydrogen-bond acceptors (Lipinski definition) is 4. The van der Waals surface area contributed by atoms with E-state index in [0.717, 1.165) is 70.6 Å². The average Bonchev–Trinajstić information content (AvgIpc) is 3.16. The number of rotatable bonds is 3. The van der Waals surface area contributed by atoms with Gasteiger partial charge >= 0.3 is 0 Å². The number of nitrogens with zero attached hydrogens (tertiary/aromatic N) is 3. The van der Waals surface area contributed by atoms with Gasteiger partial charge in [-0.25, -0.2) is 4.39 Å². The first-order valence-corrected chi connectivity index (χ1v) is 10.7. The van der Waals surface area contributed by atoms with Crippen LogP contribution in [0.2, 0.25) is 0 Å². The van der Waals surface area contributed by atoms with Crippen LogP contribution in [0.3, 0.4) is 0 Å². The molecule has 0 unspecified atom stereocenters. The maximum Gasteiger partial charge on any atom is 0.133 e. The molecule has 5 rings (SSSR count). The Kier molecular flexibility index (Phi) is 4.94. The summed E-state index contributed by atoms with van der Waals surface area (Å²) in [4.78, 5) is 5.83. The van der Waals surface area contributed by atoms with Gasteiger partial charge < -0.3 is 15.6 Å². The summed E-state index contributed by atoms with van der Waals surface area (Å²) in [5.74, 6) is -0.249. The molecule has 0 aliphatic carbocycles. The second-order valence-corrected chi connectivity index (χ2v) is 8.57. The van der Waals surface area contributed by atoms with Gasteiger partial charge in [-0.3, -0.25) is 0 Å². The molecule has 0 atom stereocenters. The summed E-state index contributed by atoms with van der Waals surface area (Å²) in [6.07, 6.45) is 3.57. The first kappa shape index (κ1) is 19.7. The van der Waals surface area contributed by atoms with Crippen molar-refractivity contribution in [1.29, 1.82) is 0 Å². The van der Waals surface area contributed by atoms with Crippen molar-refractivity contribution >= 4 is 16.6 Å². The Morgan fingerprint density at radius 2 is 1.84 bits per heavy atom. The van der Waals surface area contributed by atoms with Gasteiger partial charge in [0.2, 0.25) is 0 Å². The Balaban J connectivity index is 1.71. The van der Waals surface area contributed by atoms with Crippen LogP contribution >= 0.6 is 0 Å². The first-order chi connectivity index (χ1) is 15.0. The molecule has 1 saturated heterocycles. The van der Waals surface area contributed by atoms with Gasteiger partial charge in [0.1, 0.15) is 11.5 Å². The SMILES string of the molecule is Cc1cc(F)cc(-c2cnnc(-c3cc4ccc(C)cc4[nH]3)c2N2CCC(N)CC2)c1. The summed E-state index contributed by atoms with van der Waals surface area (Å²) in [5, 5.41) is 9.98. The van der Waals surface area contributed by atoms with Crippen molar-refractivity contribution in [1.82, 2.24) is 15.2 Å². The maximum absolute atomic E-state index is 14.3. The van der Waals surface area contributed by atoms with Gasteiger partial charge in [-0.05, 0) is 67.6 Å². The van der Waals surface area contributed by atoms with E-state index >= 15 is 0 Å². The molecule has 6 heteroatoms. The summed E-state index contributed by atoms with van der Waals surface area (Å²) in [5.41, 5.74) is 13.7. The molecule has 2 aromatic heterocycles. The topological polar surface area (TPSA) is 70.8 Å². The van der Waals surface area contributed by atoms with E-state index in [4.69, 9.17) is 5.73 Å². The van der Waals surface area contributed by atoms with Gasteiger partial charge in [-0.15, -0.1) is 5.10 Å². The zero-order valence-corrected chi connectivity index (χ0v) is 17.8. The second-order valence-electron chi connectivity index (χ2n) is 8.57. The minimum absolute atomic E-state index is 0.213. The predicted molar refractivity (Wildman–Crippen MR) is 124 cm³/mol. The molecule has 158 valence electrons. The van der Waals surface area contributed by atoms with Gasteiger partial charge in [-0.1, -0.05) is 18.2 Å². The van der Waals surface area contributed by atoms with Gasteiger partial charge in [0.05, 0.1) is 17.6 Å². The highest BCUT2D eigenvalue weighted by Crippen LogP contribution is 2.39. The third kappa shape index (κ3) is 3.79. The number of anilines is 1. The number of piperidine rings is 1. The molecule has 0 radical (unpaired) electrons. The van der Waals surface area contributed by atoms with E-state index in [1.165, 1.54) is 5.56 Å². The molecule has 1 fully saturated rings. The van der Waals surface area contributed by atoms with E-state index in [1.54, 1.807) is 18.3 Å². The number of nitrogens with one attached hydrogen (secondary N) is 1. The first-order valence-electron chi connectivity index (χ1n) is 10.7. The third-order valence-electron chi connectivity index (χ3n) is 6.07. The van der Waals surface area contributed by atoms with Crippen LogP contribution in [0.15, 0.2) is 48.7 Å². The van der Waals surface area contributed by atoms with Crippen LogP contribution in [0.4, 0.5) is 10.1 Å². The highest BCUT2D eigenvalue weighted by molar-refractivity contribution is 5.92. The minimum Gasteiger partial charge on any atom is -0.369 e. The Morgan fingerprint density at radius 1 is 1.03 bits per heavy atom. The van der Waals surface area contributed by atoms with Crippen LogP contribution in [0.5, 0.6) is 0 Å². The predicted octanol–water partition coefficient (Wildman–Crippen LogP) is 4.98. The van der Waals surface area contributed by atoms with Crippen LogP contribution in [0, 0.1) is 19.7 Å². The largest absolute Gasteiger partial charge is 0.369 e. The molecule has 5 nitrogen and oxygen atoms in total. The Bertz CT molecular complexity index is 1230. The van der Waals surface area contributed by atoms with E-state index in [2.05, 4.69) is 51.3 Å². The van der Waals surface area contributed by atoms with Crippen molar-refractivity contribution < 1.29 is 4.39 Å². The fourth-order valence-electron chi connectivity index (χ4n) is 4.48. The minimum atomic E-state index is -0.249. The van der Waals surface area contributed by atoms with Crippen molar-refractivity contribution in [2.24, 2.45) is 5.73 Å². The van der Waals surface area contributed by atoms with Crippen LogP contribution < -0.4 is 10.6 Å². The zero-order chi connectivity index (χ0) is 21.5. The highest BCUT2D eigenvalue weighted by Gasteiger charge is 2.25. The van der Waals surface area contributed by atoms with E-state index in [1.807, 2.05) is 13.0 Å². The van der Waals surface area contributed by atoms with Crippen LogP contribution in [-0.2, 0) is 0 Å². The van der Waals surface area contributed by atoms with E-state index in [0.29, 0.717) is 0 Å². The van der Waals surface area contributed by atoms with Crippen molar-refractivity contribution in [2.75, 3.05) is 18.0 Å². The van der Waals surface area contributed by atoms with Gasteiger partial charge in [-0.2, -0.15) is 5.10 Å². The Morgan fingerprint density at radius 3 is 2.61 bits per heavy atom. The quantitative estimate of drug-likeness (QED) is 0.495. The van der Waals surface area contributed by atoms with E-state index in [9.17, 15) is 4.39 Å². The highest BCUT2D eigenvalue weighted by atomic mass is 19.1. The standard InChI is InChI=1S/C25H26FN5/c1-15-3-4-17-13-23(29-22(17)11-15)24-25(31-7-5-20(27)6-8-31)21(14-28-30-24)18-9-16(2)10-19(26)12-18/h3-4,9-14,20,29H,5-8,27H2,1-2H3. The molecule has 31 heavy (non-hydrogen) atoms. The number of H-pyrrole nitrogens is 1. The molecule has 2 aromatic carbocycles. The molecule has 3 N–H and O–H groups in total. The molecule has 4 aromatic rings. The lowest BCUT2D eigenvalue weighted by atomic mass is 9.98. The van der Waals surface area contributed by atoms with Crippen molar-refractivity contribution in [2.45, 2.75) is 32.7 Å². The number of benzene rings is 2. The number of aromatic amines is 1. The summed E-state index contributed by atoms with van der Waals surface area (Å²) >= 11 is 0. The van der Waals surface area contributed by atoms with Crippen LogP contribution in [0.25, 0.3) is 33.4 Å². The number of fused-ring (bicyclic) bond motifs is 1. The smallest absolute Gasteiger partial charge is 0.133 e. The molecule has 0 spiro atoms. The zero-order valence-electron chi connectivity index (χ0n) is 17.8. The molecule has 0 amide bonds. The monoisotopic (exact) mass is 415 g/mol. The summed E-state index contributed by atoms with van der Waals surface area (Å²) in [7, 11) is 0. The van der Waals surface area contributed by atoms with Crippen LogP contribution in [0.1, 0.15) is 24.0 Å². The molecular weight excluding hydrogens is 389 g/mol. The average molecular weight is 416 g/mol. The third-order valence-corrected chi connectivity index (χ3v) is 6.07. The molecule has 0 saturated carbocycles. The molecule has 1 aliphatic rings. The van der Waals surface area contributed by atoms with E-state index in [-0.39, 0.29) is 11.9 Å². The lowest BCUT2D eigenvalue weighted by Gasteiger charge is -2.34. The van der Waals surface area contributed by atoms with E-state index < -0.39 is 0 Å². The molecule has 3 heterocycles. The lowest BCUT2D eigenvalue weighted by molar-refractivity contribution is 0.501. The fourth-order valence-corrected chi connectivity index (χ4v) is 4.48. The lowest BCUT2D eigenvalue weighted by Crippen LogP contribution is -2.40. The summed E-state index contributed by atoms with van der Waals surface area (Å²) < 4.78 is 14.3. The second kappa shape index (κ2) is 7.78. The van der Waals surface area contributed by atoms with Gasteiger partial charge in [0, 0.05) is 35.6 Å². The Labute approximate surface area is 181 Å². The fraction of sp³-hybridized carbons (Fsp3) is 0.280. The molecule has 1 aliphatic heterocycles. The van der Waals surface area contributed by atoms with Crippen molar-refractivity contribution in [3.63, 3.8) is 0 Å². The van der Waals surface area contributed by atoms with Crippen LogP contribution in [-0.4, -0.2) is 34.3 Å². The van der Waals surface area contributed by atoms with Crippen molar-refractivity contribution in [3.05, 3.63) is 65.6 Å². The number of hydrogen-bond donors (Lipinski definition) is 2. The number of nitrogens with two attached hydrogens (primary N) is 1. The number of halogens is 1. The number of aromatic nitrogens is 3. The van der Waals surface area contributed by atoms with Gasteiger partial charge in [0.25, 0.3) is 0 Å². The normalized spacial score (nSPS) is 15.0. The maximum atomic E-state index is 14.3.